The zero-order valence-corrected chi connectivity index (χ0v) is 21.6. The molecular formula is C28H34N2O7. The average molecular weight is 511 g/mol. The van der Waals surface area contributed by atoms with Gasteiger partial charge in [-0.25, -0.2) is 0 Å². The zero-order chi connectivity index (χ0) is 26.4. The molecule has 2 fully saturated rings. The fourth-order valence-corrected chi connectivity index (χ4v) is 4.62. The van der Waals surface area contributed by atoms with E-state index in [1.165, 1.54) is 4.90 Å². The smallest absolute Gasteiger partial charge is 0.295 e. The number of Topliss-reactive ketones (excluding diaryl/α,β-unsaturated/α-hetero) is 1. The van der Waals surface area contributed by atoms with Gasteiger partial charge in [-0.1, -0.05) is 13.0 Å². The number of carbonyl (C=O) groups is 2. The maximum Gasteiger partial charge on any atom is 0.295 e. The number of hydrogen-bond acceptors (Lipinski definition) is 8. The molecule has 1 N–H and O–H groups in total. The number of morpholine rings is 1. The van der Waals surface area contributed by atoms with Crippen molar-refractivity contribution in [1.29, 1.82) is 0 Å². The molecule has 0 radical (unpaired) electrons. The zero-order valence-electron chi connectivity index (χ0n) is 21.6. The van der Waals surface area contributed by atoms with Gasteiger partial charge in [-0.3, -0.25) is 14.5 Å². The van der Waals surface area contributed by atoms with Gasteiger partial charge in [0.2, 0.25) is 0 Å². The maximum atomic E-state index is 13.3. The number of aliphatic hydroxyl groups is 1. The largest absolute Gasteiger partial charge is 0.507 e. The molecule has 2 saturated heterocycles. The van der Waals surface area contributed by atoms with Crippen molar-refractivity contribution in [2.24, 2.45) is 0 Å². The van der Waals surface area contributed by atoms with Crippen LogP contribution in [0.3, 0.4) is 0 Å². The standard InChI is InChI=1S/C28H34N2O7/c1-4-15-37-22-10-7-20(18-23(22)35-3)25-24(26(31)19-5-8-21(34-2)9-6-19)27(32)28(33)30(25)12-11-29-13-16-36-17-14-29/h5-10,18,25,31H,4,11-17H2,1-3H3/t25-/m0/s1. The first-order valence-electron chi connectivity index (χ1n) is 12.5. The first-order valence-corrected chi connectivity index (χ1v) is 12.5. The molecule has 1 amide bonds. The number of ketones is 1. The first kappa shape index (κ1) is 26.5. The summed E-state index contributed by atoms with van der Waals surface area (Å²) in [6, 6.07) is 11.3. The second kappa shape index (κ2) is 12.1. The van der Waals surface area contributed by atoms with Crippen LogP contribution in [-0.2, 0) is 14.3 Å². The Balaban J connectivity index is 1.75. The monoisotopic (exact) mass is 510 g/mol. The van der Waals surface area contributed by atoms with Crippen molar-refractivity contribution in [3.8, 4) is 17.2 Å². The molecule has 0 saturated carbocycles. The molecule has 1 atom stereocenters. The predicted octanol–water partition coefficient (Wildman–Crippen LogP) is 3.25. The van der Waals surface area contributed by atoms with Crippen molar-refractivity contribution in [2.75, 3.05) is 60.2 Å². The number of hydrogen-bond donors (Lipinski definition) is 1. The van der Waals surface area contributed by atoms with E-state index in [4.69, 9.17) is 18.9 Å². The van der Waals surface area contributed by atoms with Crippen LogP contribution in [0.4, 0.5) is 0 Å². The number of rotatable bonds is 10. The van der Waals surface area contributed by atoms with E-state index in [2.05, 4.69) is 4.90 Å². The number of benzene rings is 2. The minimum atomic E-state index is -0.780. The van der Waals surface area contributed by atoms with Crippen molar-refractivity contribution < 1.29 is 33.6 Å². The van der Waals surface area contributed by atoms with Crippen LogP contribution in [0.15, 0.2) is 48.0 Å². The predicted molar refractivity (Wildman–Crippen MR) is 138 cm³/mol. The lowest BCUT2D eigenvalue weighted by Gasteiger charge is -2.31. The molecule has 0 spiro atoms. The Morgan fingerprint density at radius 3 is 2.38 bits per heavy atom. The highest BCUT2D eigenvalue weighted by atomic mass is 16.5. The molecule has 0 aliphatic carbocycles. The van der Waals surface area contributed by atoms with Crippen LogP contribution in [0, 0.1) is 0 Å². The van der Waals surface area contributed by atoms with Gasteiger partial charge in [0, 0.05) is 31.7 Å². The fourth-order valence-electron chi connectivity index (χ4n) is 4.62. The quantitative estimate of drug-likeness (QED) is 0.296. The van der Waals surface area contributed by atoms with Gasteiger partial charge >= 0.3 is 0 Å². The summed E-state index contributed by atoms with van der Waals surface area (Å²) in [6.07, 6.45) is 0.842. The summed E-state index contributed by atoms with van der Waals surface area (Å²) >= 11 is 0. The number of methoxy groups -OCH3 is 2. The Labute approximate surface area is 217 Å². The Bertz CT molecular complexity index is 1140. The van der Waals surface area contributed by atoms with Crippen LogP contribution in [0.1, 0.15) is 30.5 Å². The van der Waals surface area contributed by atoms with E-state index < -0.39 is 17.7 Å². The number of carbonyl (C=O) groups excluding carboxylic acids is 2. The molecule has 2 aromatic rings. The lowest BCUT2D eigenvalue weighted by atomic mass is 9.95. The lowest BCUT2D eigenvalue weighted by molar-refractivity contribution is -0.140. The number of aliphatic hydroxyl groups excluding tert-OH is 1. The fraction of sp³-hybridized carbons (Fsp3) is 0.429. The van der Waals surface area contributed by atoms with Gasteiger partial charge < -0.3 is 29.0 Å². The average Bonchev–Trinajstić information content (AvgIpc) is 3.20. The van der Waals surface area contributed by atoms with Gasteiger partial charge in [-0.2, -0.15) is 0 Å². The van der Waals surface area contributed by atoms with Crippen LogP contribution in [0.25, 0.3) is 5.76 Å². The highest BCUT2D eigenvalue weighted by molar-refractivity contribution is 6.46. The van der Waals surface area contributed by atoms with Crippen molar-refractivity contribution in [1.82, 2.24) is 9.80 Å². The highest BCUT2D eigenvalue weighted by Gasteiger charge is 2.46. The third-order valence-corrected chi connectivity index (χ3v) is 6.63. The molecule has 9 heteroatoms. The molecule has 0 bridgehead atoms. The van der Waals surface area contributed by atoms with Gasteiger partial charge in [0.15, 0.2) is 11.5 Å². The highest BCUT2D eigenvalue weighted by Crippen LogP contribution is 2.42. The van der Waals surface area contributed by atoms with Gasteiger partial charge in [0.05, 0.1) is 45.7 Å². The molecule has 37 heavy (non-hydrogen) atoms. The topological polar surface area (TPSA) is 97.8 Å². The van der Waals surface area contributed by atoms with Crippen LogP contribution in [-0.4, -0.2) is 86.8 Å². The summed E-state index contributed by atoms with van der Waals surface area (Å²) in [4.78, 5) is 30.3. The van der Waals surface area contributed by atoms with Gasteiger partial charge in [0.1, 0.15) is 11.5 Å². The van der Waals surface area contributed by atoms with Crippen molar-refractivity contribution in [2.45, 2.75) is 19.4 Å². The van der Waals surface area contributed by atoms with Gasteiger partial charge in [-0.05, 0) is 48.4 Å². The third-order valence-electron chi connectivity index (χ3n) is 6.63. The van der Waals surface area contributed by atoms with Crippen molar-refractivity contribution in [3.05, 3.63) is 59.2 Å². The van der Waals surface area contributed by atoms with E-state index in [1.54, 1.807) is 50.6 Å². The summed E-state index contributed by atoms with van der Waals surface area (Å²) in [5.41, 5.74) is 1.12. The molecule has 2 aliphatic rings. The van der Waals surface area contributed by atoms with Gasteiger partial charge in [0.25, 0.3) is 11.7 Å². The normalized spacial score (nSPS) is 19.8. The molecule has 0 aromatic heterocycles. The summed E-state index contributed by atoms with van der Waals surface area (Å²) in [7, 11) is 3.10. The van der Waals surface area contributed by atoms with E-state index >= 15 is 0 Å². The number of likely N-dealkylation sites (tertiary alicyclic amines) is 1. The summed E-state index contributed by atoms with van der Waals surface area (Å²) in [6.45, 7) is 6.25. The van der Waals surface area contributed by atoms with Crippen LogP contribution in [0.5, 0.6) is 17.2 Å². The lowest BCUT2D eigenvalue weighted by Crippen LogP contribution is -2.42. The second-order valence-corrected chi connectivity index (χ2v) is 8.93. The molecule has 198 valence electrons. The Hall–Kier alpha value is -3.56. The van der Waals surface area contributed by atoms with Crippen LogP contribution >= 0.6 is 0 Å². The van der Waals surface area contributed by atoms with E-state index in [0.717, 1.165) is 19.5 Å². The molecule has 2 heterocycles. The molecule has 9 nitrogen and oxygen atoms in total. The molecular weight excluding hydrogens is 476 g/mol. The molecule has 2 aliphatic heterocycles. The van der Waals surface area contributed by atoms with Crippen LogP contribution < -0.4 is 14.2 Å². The van der Waals surface area contributed by atoms with Crippen molar-refractivity contribution >= 4 is 17.4 Å². The summed E-state index contributed by atoms with van der Waals surface area (Å²) in [5.74, 6) is 0.100. The summed E-state index contributed by atoms with van der Waals surface area (Å²) < 4.78 is 22.0. The van der Waals surface area contributed by atoms with E-state index in [1.807, 2.05) is 13.0 Å². The summed E-state index contributed by atoms with van der Waals surface area (Å²) in [5, 5.41) is 11.3. The van der Waals surface area contributed by atoms with Gasteiger partial charge in [-0.15, -0.1) is 0 Å². The Kier molecular flexibility index (Phi) is 8.68. The van der Waals surface area contributed by atoms with Crippen molar-refractivity contribution in [3.63, 3.8) is 0 Å². The SMILES string of the molecule is CCCOc1ccc([C@H]2C(=C(O)c3ccc(OC)cc3)C(=O)C(=O)N2CCN2CCOCC2)cc1OC. The number of nitrogens with zero attached hydrogens (tertiary/aromatic N) is 2. The molecule has 2 aromatic carbocycles. The molecule has 0 unspecified atom stereocenters. The van der Waals surface area contributed by atoms with E-state index in [-0.39, 0.29) is 11.3 Å². The van der Waals surface area contributed by atoms with E-state index in [9.17, 15) is 14.7 Å². The number of ether oxygens (including phenoxy) is 4. The Morgan fingerprint density at radius 2 is 1.73 bits per heavy atom. The molecule has 4 rings (SSSR count). The third kappa shape index (κ3) is 5.73. The Morgan fingerprint density at radius 1 is 1.00 bits per heavy atom. The first-order chi connectivity index (χ1) is 18.0. The minimum Gasteiger partial charge on any atom is -0.507 e. The van der Waals surface area contributed by atoms with E-state index in [0.29, 0.717) is 61.3 Å². The number of amides is 1. The maximum absolute atomic E-state index is 13.3. The second-order valence-electron chi connectivity index (χ2n) is 8.93. The van der Waals surface area contributed by atoms with Crippen LogP contribution in [0.2, 0.25) is 0 Å². The minimum absolute atomic E-state index is 0.0430.